The van der Waals surface area contributed by atoms with Gasteiger partial charge < -0.3 is 0 Å². The van der Waals surface area contributed by atoms with Crippen molar-refractivity contribution >= 4 is 43.1 Å². The number of rotatable bonds is 1. The maximum absolute atomic E-state index is 4.82. The van der Waals surface area contributed by atoms with E-state index in [9.17, 15) is 0 Å². The zero-order chi connectivity index (χ0) is 18.0. The van der Waals surface area contributed by atoms with Crippen LogP contribution in [0.25, 0.3) is 54.3 Å². The number of pyridine rings is 1. The molecule has 0 aliphatic rings. The van der Waals surface area contributed by atoms with Crippen LogP contribution in [0.5, 0.6) is 0 Å². The lowest BCUT2D eigenvalue weighted by Crippen LogP contribution is -1.92. The van der Waals surface area contributed by atoms with Gasteiger partial charge in [-0.3, -0.25) is 4.98 Å². The molecular formula is C26H17N. The quantitative estimate of drug-likeness (QED) is 0.290. The lowest BCUT2D eigenvalue weighted by atomic mass is 9.88. The summed E-state index contributed by atoms with van der Waals surface area (Å²) < 4.78 is 0. The van der Waals surface area contributed by atoms with E-state index in [4.69, 9.17) is 4.98 Å². The van der Waals surface area contributed by atoms with Gasteiger partial charge in [-0.15, -0.1) is 0 Å². The van der Waals surface area contributed by atoms with Gasteiger partial charge in [0, 0.05) is 17.1 Å². The minimum Gasteiger partial charge on any atom is -0.256 e. The third-order valence-electron chi connectivity index (χ3n) is 5.73. The molecule has 0 fully saturated rings. The number of aryl methyl sites for hydroxylation is 1. The van der Waals surface area contributed by atoms with Crippen LogP contribution in [-0.2, 0) is 0 Å². The molecule has 27 heavy (non-hydrogen) atoms. The molecule has 0 atom stereocenters. The molecule has 0 unspecified atom stereocenters. The highest BCUT2D eigenvalue weighted by molar-refractivity contribution is 6.25. The lowest BCUT2D eigenvalue weighted by Gasteiger charge is -2.16. The van der Waals surface area contributed by atoms with Gasteiger partial charge in [-0.2, -0.15) is 0 Å². The van der Waals surface area contributed by atoms with E-state index in [1.807, 2.05) is 6.20 Å². The minimum absolute atomic E-state index is 1.05. The number of nitrogens with zero attached hydrogens (tertiary/aromatic N) is 1. The summed E-state index contributed by atoms with van der Waals surface area (Å²) in [7, 11) is 0. The van der Waals surface area contributed by atoms with Crippen LogP contribution in [0.1, 0.15) is 5.56 Å². The maximum atomic E-state index is 4.82. The van der Waals surface area contributed by atoms with Crippen LogP contribution in [0, 0.1) is 6.92 Å². The van der Waals surface area contributed by atoms with Crippen molar-refractivity contribution in [3.05, 3.63) is 90.6 Å². The molecule has 0 aliphatic carbocycles. The van der Waals surface area contributed by atoms with Gasteiger partial charge in [0.25, 0.3) is 0 Å². The monoisotopic (exact) mass is 343 g/mol. The number of fused-ring (bicyclic) bond motifs is 1. The Hall–Kier alpha value is -3.45. The second-order valence-corrected chi connectivity index (χ2v) is 7.34. The Kier molecular flexibility index (Phi) is 2.87. The first-order chi connectivity index (χ1) is 13.3. The summed E-state index contributed by atoms with van der Waals surface area (Å²) in [6.07, 6.45) is 1.99. The molecule has 0 saturated carbocycles. The van der Waals surface area contributed by atoms with Gasteiger partial charge in [-0.05, 0) is 56.3 Å². The van der Waals surface area contributed by atoms with Crippen LogP contribution in [0.2, 0.25) is 0 Å². The van der Waals surface area contributed by atoms with Crippen molar-refractivity contribution in [1.82, 2.24) is 4.98 Å². The SMILES string of the molecule is Cc1cc2ccc3cccc4ccc(c1-c1cc5ccccc5cn1)c2c34. The van der Waals surface area contributed by atoms with Gasteiger partial charge in [0.15, 0.2) is 0 Å². The fourth-order valence-electron chi connectivity index (χ4n) is 4.52. The molecule has 1 heterocycles. The van der Waals surface area contributed by atoms with Crippen molar-refractivity contribution in [1.29, 1.82) is 0 Å². The van der Waals surface area contributed by atoms with E-state index in [0.717, 1.165) is 5.69 Å². The number of hydrogen-bond donors (Lipinski definition) is 0. The predicted molar refractivity (Wildman–Crippen MR) is 116 cm³/mol. The Morgan fingerprint density at radius 1 is 0.593 bits per heavy atom. The Bertz CT molecular complexity index is 1460. The van der Waals surface area contributed by atoms with Crippen LogP contribution >= 0.6 is 0 Å². The summed E-state index contributed by atoms with van der Waals surface area (Å²) in [6.45, 7) is 2.20. The van der Waals surface area contributed by atoms with Gasteiger partial charge in [0.05, 0.1) is 5.69 Å². The van der Waals surface area contributed by atoms with Crippen LogP contribution in [0.3, 0.4) is 0 Å². The van der Waals surface area contributed by atoms with Gasteiger partial charge in [0.1, 0.15) is 0 Å². The van der Waals surface area contributed by atoms with Crippen molar-refractivity contribution in [2.45, 2.75) is 6.92 Å². The summed E-state index contributed by atoms with van der Waals surface area (Å²) >= 11 is 0. The maximum Gasteiger partial charge on any atom is 0.0717 e. The molecule has 0 radical (unpaired) electrons. The van der Waals surface area contributed by atoms with E-state index in [2.05, 4.69) is 85.8 Å². The molecule has 126 valence electrons. The summed E-state index contributed by atoms with van der Waals surface area (Å²) in [5, 5.41) is 10.3. The molecule has 1 heteroatoms. The molecule has 1 aromatic heterocycles. The van der Waals surface area contributed by atoms with Crippen molar-refractivity contribution < 1.29 is 0 Å². The van der Waals surface area contributed by atoms with Crippen molar-refractivity contribution in [3.8, 4) is 11.3 Å². The first kappa shape index (κ1) is 14.7. The topological polar surface area (TPSA) is 12.9 Å². The largest absolute Gasteiger partial charge is 0.256 e. The van der Waals surface area contributed by atoms with Crippen LogP contribution < -0.4 is 0 Å². The highest BCUT2D eigenvalue weighted by Gasteiger charge is 2.15. The fourth-order valence-corrected chi connectivity index (χ4v) is 4.52. The smallest absolute Gasteiger partial charge is 0.0717 e. The molecule has 0 saturated heterocycles. The van der Waals surface area contributed by atoms with Gasteiger partial charge >= 0.3 is 0 Å². The van der Waals surface area contributed by atoms with Gasteiger partial charge in [-0.1, -0.05) is 72.8 Å². The zero-order valence-corrected chi connectivity index (χ0v) is 15.0. The molecule has 5 aromatic carbocycles. The van der Waals surface area contributed by atoms with Crippen LogP contribution in [0.15, 0.2) is 85.1 Å². The molecule has 0 bridgehead atoms. The molecule has 0 aliphatic heterocycles. The Morgan fingerprint density at radius 2 is 1.30 bits per heavy atom. The van der Waals surface area contributed by atoms with Gasteiger partial charge in [0.2, 0.25) is 0 Å². The van der Waals surface area contributed by atoms with E-state index in [1.165, 1.54) is 54.2 Å². The standard InChI is InChI=1S/C26H17N/c1-16-13-20-10-9-17-7-4-8-18-11-12-22(26(20)25(17)18)24(16)23-14-19-5-2-3-6-21(19)15-27-23/h2-15H,1H3. The third kappa shape index (κ3) is 2.03. The molecule has 0 N–H and O–H groups in total. The predicted octanol–water partition coefficient (Wildman–Crippen LogP) is 7.11. The first-order valence-electron chi connectivity index (χ1n) is 9.32. The van der Waals surface area contributed by atoms with Crippen LogP contribution in [0.4, 0.5) is 0 Å². The molecule has 0 amide bonds. The molecule has 1 nitrogen and oxygen atoms in total. The first-order valence-corrected chi connectivity index (χ1v) is 9.32. The number of benzene rings is 5. The molecule has 6 aromatic rings. The molecular weight excluding hydrogens is 326 g/mol. The Labute approximate surface area is 157 Å². The van der Waals surface area contributed by atoms with Crippen molar-refractivity contribution in [2.24, 2.45) is 0 Å². The highest BCUT2D eigenvalue weighted by Crippen LogP contribution is 2.40. The summed E-state index contributed by atoms with van der Waals surface area (Å²) in [4.78, 5) is 4.82. The number of hydrogen-bond acceptors (Lipinski definition) is 1. The van der Waals surface area contributed by atoms with E-state index in [-0.39, 0.29) is 0 Å². The molecule has 0 spiro atoms. The van der Waals surface area contributed by atoms with Crippen molar-refractivity contribution in [3.63, 3.8) is 0 Å². The van der Waals surface area contributed by atoms with Crippen molar-refractivity contribution in [2.75, 3.05) is 0 Å². The lowest BCUT2D eigenvalue weighted by molar-refractivity contribution is 1.34. The molecule has 6 rings (SSSR count). The third-order valence-corrected chi connectivity index (χ3v) is 5.73. The van der Waals surface area contributed by atoms with Crippen LogP contribution in [-0.4, -0.2) is 4.98 Å². The summed E-state index contributed by atoms with van der Waals surface area (Å²) in [5.41, 5.74) is 3.55. The summed E-state index contributed by atoms with van der Waals surface area (Å²) in [5.74, 6) is 0. The number of aromatic nitrogens is 1. The van der Waals surface area contributed by atoms with E-state index in [1.54, 1.807) is 0 Å². The summed E-state index contributed by atoms with van der Waals surface area (Å²) in [6, 6.07) is 28.5. The average Bonchev–Trinajstić information content (AvgIpc) is 2.71. The highest BCUT2D eigenvalue weighted by atomic mass is 14.7. The van der Waals surface area contributed by atoms with E-state index < -0.39 is 0 Å². The van der Waals surface area contributed by atoms with Gasteiger partial charge in [-0.25, -0.2) is 0 Å². The fraction of sp³-hybridized carbons (Fsp3) is 0.0385. The van der Waals surface area contributed by atoms with E-state index in [0.29, 0.717) is 0 Å². The second kappa shape index (κ2) is 5.28. The Balaban J connectivity index is 1.78. The Morgan fingerprint density at radius 3 is 2.15 bits per heavy atom. The second-order valence-electron chi connectivity index (χ2n) is 7.34. The zero-order valence-electron chi connectivity index (χ0n) is 15.0. The van der Waals surface area contributed by atoms with E-state index >= 15 is 0 Å². The minimum atomic E-state index is 1.05. The normalized spacial score (nSPS) is 11.9. The average molecular weight is 343 g/mol.